The number of hydrogen-bond donors (Lipinski definition) is 0. The number of non-ortho nitro benzene ring substituents is 1. The van der Waals surface area contributed by atoms with Crippen LogP contribution in [0.3, 0.4) is 0 Å². The Morgan fingerprint density at radius 3 is 3.05 bits per heavy atom. The van der Waals surface area contributed by atoms with Crippen LogP contribution in [0.5, 0.6) is 0 Å². The first-order chi connectivity index (χ1) is 9.13. The Labute approximate surface area is 107 Å². The average molecular weight is 259 g/mol. The van der Waals surface area contributed by atoms with Crippen LogP contribution < -0.4 is 0 Å². The molecule has 2 aromatic rings. The van der Waals surface area contributed by atoms with Crippen molar-refractivity contribution in [3.05, 3.63) is 56.1 Å². The summed E-state index contributed by atoms with van der Waals surface area (Å²) in [5.41, 5.74) is 9.94. The van der Waals surface area contributed by atoms with Crippen LogP contribution in [0, 0.1) is 17.0 Å². The van der Waals surface area contributed by atoms with Crippen LogP contribution in [0.15, 0.2) is 33.9 Å². The quantitative estimate of drug-likeness (QED) is 0.275. The smallest absolute Gasteiger partial charge is 0.270 e. The zero-order chi connectivity index (χ0) is 13.8. The van der Waals surface area contributed by atoms with Crippen molar-refractivity contribution >= 4 is 5.69 Å². The molecule has 0 saturated carbocycles. The second-order valence-corrected chi connectivity index (χ2v) is 3.76. The lowest BCUT2D eigenvalue weighted by Gasteiger charge is -1.99. The van der Waals surface area contributed by atoms with Crippen molar-refractivity contribution in [1.82, 2.24) is 5.16 Å². The number of azide groups is 1. The van der Waals surface area contributed by atoms with E-state index in [1.807, 2.05) is 0 Å². The normalized spacial score (nSPS) is 9.95. The number of benzene rings is 1. The van der Waals surface area contributed by atoms with Gasteiger partial charge in [-0.2, -0.15) is 0 Å². The van der Waals surface area contributed by atoms with E-state index in [9.17, 15) is 10.1 Å². The lowest BCUT2D eigenvalue weighted by molar-refractivity contribution is -0.384. The predicted octanol–water partition coefficient (Wildman–Crippen LogP) is 3.37. The van der Waals surface area contributed by atoms with Gasteiger partial charge in [0.2, 0.25) is 0 Å². The molecule has 0 aliphatic carbocycles. The largest absolute Gasteiger partial charge is 0.361 e. The first kappa shape index (κ1) is 12.6. The van der Waals surface area contributed by atoms with Gasteiger partial charge in [-0.3, -0.25) is 10.1 Å². The van der Waals surface area contributed by atoms with Crippen molar-refractivity contribution < 1.29 is 9.45 Å². The molecule has 1 aromatic heterocycles. The molecule has 96 valence electrons. The lowest BCUT2D eigenvalue weighted by Crippen LogP contribution is -1.90. The van der Waals surface area contributed by atoms with E-state index in [2.05, 4.69) is 15.2 Å². The maximum absolute atomic E-state index is 10.7. The third-order valence-corrected chi connectivity index (χ3v) is 2.61. The summed E-state index contributed by atoms with van der Waals surface area (Å²) in [6, 6.07) is 6.04. The summed E-state index contributed by atoms with van der Waals surface area (Å²) in [6.45, 7) is 1.78. The molecule has 0 N–H and O–H groups in total. The van der Waals surface area contributed by atoms with Crippen molar-refractivity contribution in [1.29, 1.82) is 0 Å². The third-order valence-electron chi connectivity index (χ3n) is 2.61. The highest BCUT2D eigenvalue weighted by atomic mass is 16.6. The van der Waals surface area contributed by atoms with Crippen LogP contribution in [0.25, 0.3) is 21.7 Å². The minimum Gasteiger partial charge on any atom is -0.361 e. The van der Waals surface area contributed by atoms with E-state index in [0.29, 0.717) is 22.6 Å². The number of rotatable bonds is 4. The molecular formula is C11H9N5O3. The minimum absolute atomic E-state index is 0.0344. The van der Waals surface area contributed by atoms with Gasteiger partial charge >= 0.3 is 0 Å². The Morgan fingerprint density at radius 2 is 2.37 bits per heavy atom. The van der Waals surface area contributed by atoms with Crippen molar-refractivity contribution in [3.8, 4) is 11.3 Å². The predicted molar refractivity (Wildman–Crippen MR) is 66.2 cm³/mol. The second-order valence-electron chi connectivity index (χ2n) is 3.76. The van der Waals surface area contributed by atoms with Gasteiger partial charge in [-0.25, -0.2) is 0 Å². The fourth-order valence-corrected chi connectivity index (χ4v) is 1.67. The van der Waals surface area contributed by atoms with E-state index < -0.39 is 4.92 Å². The molecule has 1 aromatic carbocycles. The molecule has 0 unspecified atom stereocenters. The molecular weight excluding hydrogens is 250 g/mol. The van der Waals surface area contributed by atoms with Gasteiger partial charge in [0.05, 0.1) is 11.5 Å². The summed E-state index contributed by atoms with van der Waals surface area (Å²) in [5, 5.41) is 18.1. The molecule has 0 aliphatic rings. The van der Waals surface area contributed by atoms with Gasteiger partial charge in [0, 0.05) is 28.2 Å². The van der Waals surface area contributed by atoms with E-state index in [4.69, 9.17) is 10.1 Å². The summed E-state index contributed by atoms with van der Waals surface area (Å²) >= 11 is 0. The summed E-state index contributed by atoms with van der Waals surface area (Å²) in [6.07, 6.45) is 0. The van der Waals surface area contributed by atoms with Crippen molar-refractivity contribution in [2.75, 3.05) is 0 Å². The number of hydrogen-bond acceptors (Lipinski definition) is 5. The Kier molecular flexibility index (Phi) is 3.44. The van der Waals surface area contributed by atoms with Gasteiger partial charge in [-0.05, 0) is 12.5 Å². The molecule has 0 saturated heterocycles. The van der Waals surface area contributed by atoms with Crippen molar-refractivity contribution in [2.24, 2.45) is 5.11 Å². The first-order valence-electron chi connectivity index (χ1n) is 5.34. The zero-order valence-corrected chi connectivity index (χ0v) is 9.98. The van der Waals surface area contributed by atoms with Gasteiger partial charge in [-0.15, -0.1) is 0 Å². The summed E-state index contributed by atoms with van der Waals surface area (Å²) in [5.74, 6) is 0.522. The van der Waals surface area contributed by atoms with Gasteiger partial charge in [0.1, 0.15) is 11.5 Å². The molecule has 19 heavy (non-hydrogen) atoms. The van der Waals surface area contributed by atoms with Crippen molar-refractivity contribution in [2.45, 2.75) is 13.5 Å². The molecule has 0 spiro atoms. The van der Waals surface area contributed by atoms with Crippen LogP contribution in [0.4, 0.5) is 5.69 Å². The molecule has 8 nitrogen and oxygen atoms in total. The van der Waals surface area contributed by atoms with Crippen LogP contribution in [0.2, 0.25) is 0 Å². The maximum atomic E-state index is 10.7. The molecule has 1 heterocycles. The van der Waals surface area contributed by atoms with E-state index in [0.717, 1.165) is 0 Å². The number of nitro benzene ring substituents is 1. The highest BCUT2D eigenvalue weighted by Gasteiger charge is 2.16. The third kappa shape index (κ3) is 2.53. The Balaban J connectivity index is 2.49. The topological polar surface area (TPSA) is 118 Å². The molecule has 0 aliphatic heterocycles. The van der Waals surface area contributed by atoms with Crippen LogP contribution in [-0.2, 0) is 6.54 Å². The van der Waals surface area contributed by atoms with E-state index in [1.165, 1.54) is 12.1 Å². The maximum Gasteiger partial charge on any atom is 0.270 e. The molecule has 0 bridgehead atoms. The van der Waals surface area contributed by atoms with Crippen molar-refractivity contribution in [3.63, 3.8) is 0 Å². The van der Waals surface area contributed by atoms with Crippen LogP contribution in [-0.4, -0.2) is 10.1 Å². The highest BCUT2D eigenvalue weighted by Crippen LogP contribution is 2.28. The van der Waals surface area contributed by atoms with Crippen LogP contribution >= 0.6 is 0 Å². The standard InChI is InChI=1S/C11H9N5O3/c1-7-10(6-13-15-12)11(14-19-7)8-3-2-4-9(5-8)16(17)18/h2-5H,6H2,1H3. The Hall–Kier alpha value is -2.86. The second kappa shape index (κ2) is 5.19. The molecule has 0 radical (unpaired) electrons. The van der Waals surface area contributed by atoms with Gasteiger partial charge in [0.15, 0.2) is 0 Å². The van der Waals surface area contributed by atoms with Gasteiger partial charge < -0.3 is 4.52 Å². The van der Waals surface area contributed by atoms with Gasteiger partial charge in [-0.1, -0.05) is 22.4 Å². The van der Waals surface area contributed by atoms with Gasteiger partial charge in [0.25, 0.3) is 5.69 Å². The highest BCUT2D eigenvalue weighted by molar-refractivity contribution is 5.66. The summed E-state index contributed by atoms with van der Waals surface area (Å²) in [4.78, 5) is 12.9. The summed E-state index contributed by atoms with van der Waals surface area (Å²) in [7, 11) is 0. The van der Waals surface area contributed by atoms with E-state index >= 15 is 0 Å². The number of aromatic nitrogens is 1. The summed E-state index contributed by atoms with van der Waals surface area (Å²) < 4.78 is 5.04. The lowest BCUT2D eigenvalue weighted by atomic mass is 10.1. The van der Waals surface area contributed by atoms with Crippen LogP contribution in [0.1, 0.15) is 11.3 Å². The monoisotopic (exact) mass is 259 g/mol. The van der Waals surface area contributed by atoms with E-state index in [1.54, 1.807) is 19.1 Å². The average Bonchev–Trinajstić information content (AvgIpc) is 2.78. The molecule has 0 fully saturated rings. The Morgan fingerprint density at radius 1 is 1.58 bits per heavy atom. The molecule has 0 atom stereocenters. The molecule has 8 heteroatoms. The Bertz CT molecular complexity index is 673. The van der Waals surface area contributed by atoms with E-state index in [-0.39, 0.29) is 12.2 Å². The SMILES string of the molecule is Cc1onc(-c2cccc([N+](=O)[O-])c2)c1CN=[N+]=[N-]. The minimum atomic E-state index is -0.483. The number of aryl methyl sites for hydroxylation is 1. The number of nitrogens with zero attached hydrogens (tertiary/aromatic N) is 5. The molecule has 2 rings (SSSR count). The number of nitro groups is 1. The first-order valence-corrected chi connectivity index (χ1v) is 5.34. The fraction of sp³-hybridized carbons (Fsp3) is 0.182. The fourth-order valence-electron chi connectivity index (χ4n) is 1.67. The molecule has 0 amide bonds. The zero-order valence-electron chi connectivity index (χ0n) is 9.98.